The molecule has 0 amide bonds. The van der Waals surface area contributed by atoms with E-state index in [1.54, 1.807) is 59.5 Å². The summed E-state index contributed by atoms with van der Waals surface area (Å²) in [5.41, 5.74) is -1.57. The van der Waals surface area contributed by atoms with Crippen molar-refractivity contribution < 1.29 is 55.4 Å². The third-order valence-electron chi connectivity index (χ3n) is 5.83. The van der Waals surface area contributed by atoms with Crippen LogP contribution in [0.3, 0.4) is 0 Å². The standard InChI is InChI=1S/C24H13F6N7.C5H12.2CO.Os/c25-23(26,27)19-12-17(33-35-19)15-8-4-10-21(31-15)37(14-6-2-1-3-7-14)22-11-5-9-16(32-22)18-13-20(36-34-18)24(28,29)30;1-3-5-4-2;2*1-2;/h1-13H;3-5H2,1-2H3;;;/q-2;;;;+2. The third-order valence-corrected chi connectivity index (χ3v) is 5.83. The van der Waals surface area contributed by atoms with Crippen LogP contribution < -0.4 is 15.1 Å². The number of nitrogens with zero attached hydrogens (tertiary/aromatic N) is 7. The van der Waals surface area contributed by atoms with Crippen molar-refractivity contribution >= 4 is 17.3 Å². The van der Waals surface area contributed by atoms with Crippen molar-refractivity contribution in [2.75, 3.05) is 4.90 Å². The topological polar surface area (TPSA) is 123 Å². The van der Waals surface area contributed by atoms with Crippen molar-refractivity contribution in [1.29, 1.82) is 0 Å². The quantitative estimate of drug-likeness (QED) is 0.0922. The molecule has 1 aromatic carbocycles. The third kappa shape index (κ3) is 11.3. The van der Waals surface area contributed by atoms with Crippen molar-refractivity contribution in [3.63, 3.8) is 0 Å². The van der Waals surface area contributed by atoms with Crippen LogP contribution in [0.15, 0.2) is 78.9 Å². The molecule has 9 nitrogen and oxygen atoms in total. The first-order valence-electron chi connectivity index (χ1n) is 13.4. The Balaban J connectivity index is 0.000000996. The maximum absolute atomic E-state index is 13.0. The van der Waals surface area contributed by atoms with Crippen molar-refractivity contribution in [3.8, 4) is 22.8 Å². The molecule has 0 spiro atoms. The minimum Gasteiger partial charge on any atom is 2.00 e. The Morgan fingerprint density at radius 1 is 0.660 bits per heavy atom. The largest absolute Gasteiger partial charge is 2.00 e. The predicted molar refractivity (Wildman–Crippen MR) is 153 cm³/mol. The van der Waals surface area contributed by atoms with E-state index < -0.39 is 23.7 Å². The molecule has 16 heteroatoms. The van der Waals surface area contributed by atoms with Crippen LogP contribution in [-0.4, -0.2) is 20.2 Å². The van der Waals surface area contributed by atoms with Gasteiger partial charge in [-0.2, -0.15) is 26.3 Å². The van der Waals surface area contributed by atoms with Gasteiger partial charge in [0.2, 0.25) is 0 Å². The van der Waals surface area contributed by atoms with Gasteiger partial charge < -0.3 is 20.4 Å². The van der Waals surface area contributed by atoms with Crippen LogP contribution in [0, 0.1) is 13.3 Å². The van der Waals surface area contributed by atoms with Crippen LogP contribution >= 0.6 is 0 Å². The zero-order valence-corrected chi connectivity index (χ0v) is 27.2. The molecule has 0 saturated heterocycles. The van der Waals surface area contributed by atoms with Gasteiger partial charge in [-0.3, -0.25) is 4.90 Å². The van der Waals surface area contributed by atoms with Crippen LogP contribution in [0.4, 0.5) is 43.7 Å². The van der Waals surface area contributed by atoms with Gasteiger partial charge in [0.1, 0.15) is 17.3 Å². The first-order valence-corrected chi connectivity index (χ1v) is 13.4. The maximum Gasteiger partial charge on any atom is 2.00 e. The number of para-hydroxylation sites is 1. The summed E-state index contributed by atoms with van der Waals surface area (Å²) < 4.78 is 93.0. The molecule has 246 valence electrons. The number of rotatable bonds is 7. The Kier molecular flexibility index (Phi) is 16.5. The Morgan fingerprint density at radius 2 is 1.21 bits per heavy atom. The van der Waals surface area contributed by atoms with Gasteiger partial charge in [-0.05, 0) is 54.2 Å². The van der Waals surface area contributed by atoms with Crippen molar-refractivity contribution in [2.45, 2.75) is 45.5 Å². The molecule has 0 atom stereocenters. The van der Waals surface area contributed by atoms with E-state index in [0.717, 1.165) is 12.1 Å². The van der Waals surface area contributed by atoms with Crippen molar-refractivity contribution in [2.24, 2.45) is 0 Å². The van der Waals surface area contributed by atoms with Crippen molar-refractivity contribution in [1.82, 2.24) is 30.4 Å². The number of hydrogen-bond acceptors (Lipinski definition) is 5. The normalized spacial score (nSPS) is 10.5. The summed E-state index contributed by atoms with van der Waals surface area (Å²) in [4.78, 5) is 10.5. The Hall–Kier alpha value is -4.56. The van der Waals surface area contributed by atoms with E-state index in [4.69, 9.17) is 9.30 Å². The molecule has 0 fully saturated rings. The van der Waals surface area contributed by atoms with E-state index in [2.05, 4.69) is 57.5 Å². The number of anilines is 3. The SMILES string of the molecule is CCCCC.FC(F)(F)c1cc(-c2cccc(N(c3ccccc3)c3cccc(-c4cc(C(F)(F)F)[n-]n4)n3)n2)[n-]n1.[C-]#[O+].[C-]#[O+].[Os+2]. The molecule has 47 heavy (non-hydrogen) atoms. The summed E-state index contributed by atoms with van der Waals surface area (Å²) in [6.07, 6.45) is -5.23. The van der Waals surface area contributed by atoms with Gasteiger partial charge in [0, 0.05) is 5.69 Å². The zero-order chi connectivity index (χ0) is 34.3. The summed E-state index contributed by atoms with van der Waals surface area (Å²) in [5.74, 6) is 0.545. The molecule has 4 heterocycles. The van der Waals surface area contributed by atoms with Crippen molar-refractivity contribution in [3.05, 3.63) is 104 Å². The molecule has 5 rings (SSSR count). The smallest absolute Gasteiger partial charge is 2.00 e. The molecule has 5 aromatic rings. The molecule has 0 saturated carbocycles. The summed E-state index contributed by atoms with van der Waals surface area (Å²) in [5, 5.41) is 13.6. The number of benzene rings is 1. The number of hydrogen-bond donors (Lipinski definition) is 0. The molecule has 0 aliphatic heterocycles. The van der Waals surface area contributed by atoms with Gasteiger partial charge in [0.25, 0.3) is 0 Å². The second kappa shape index (κ2) is 19.2. The summed E-state index contributed by atoms with van der Waals surface area (Å²) in [6.45, 7) is 13.4. The number of halogens is 6. The molecular weight excluding hydrogens is 807 g/mol. The van der Waals surface area contributed by atoms with Crippen LogP contribution in [0.2, 0.25) is 0 Å². The van der Waals surface area contributed by atoms with Crippen LogP contribution in [0.25, 0.3) is 22.8 Å². The van der Waals surface area contributed by atoms with Gasteiger partial charge in [-0.25, -0.2) is 9.97 Å². The van der Waals surface area contributed by atoms with Gasteiger partial charge in [-0.15, -0.1) is 0 Å². The van der Waals surface area contributed by atoms with E-state index in [1.807, 2.05) is 0 Å². The molecule has 0 unspecified atom stereocenters. The number of pyridine rings is 2. The number of alkyl halides is 6. The minimum atomic E-state index is -4.65. The Morgan fingerprint density at radius 3 is 1.68 bits per heavy atom. The molecule has 0 radical (unpaired) electrons. The second-order valence-corrected chi connectivity index (χ2v) is 9.01. The first kappa shape index (κ1) is 40.5. The fraction of sp³-hybridized carbons (Fsp3) is 0.226. The monoisotopic (exact) mass is 833 g/mol. The van der Waals surface area contributed by atoms with E-state index >= 15 is 0 Å². The molecule has 4 aromatic heterocycles. The predicted octanol–water partition coefficient (Wildman–Crippen LogP) is 8.14. The molecule has 0 N–H and O–H groups in total. The van der Waals surface area contributed by atoms with Gasteiger partial charge in [-0.1, -0.05) is 69.1 Å². The number of unbranched alkanes of at least 4 members (excludes halogenated alkanes) is 2. The van der Waals surface area contributed by atoms with Gasteiger partial charge in [0.15, 0.2) is 0 Å². The van der Waals surface area contributed by atoms with E-state index in [9.17, 15) is 26.3 Å². The Labute approximate surface area is 279 Å². The Bertz CT molecular complexity index is 1580. The molecule has 0 aliphatic rings. The fourth-order valence-electron chi connectivity index (χ4n) is 3.81. The van der Waals surface area contributed by atoms with Crippen LogP contribution in [0.5, 0.6) is 0 Å². The summed E-state index contributed by atoms with van der Waals surface area (Å²) in [7, 11) is 0. The average molecular weight is 832 g/mol. The second-order valence-electron chi connectivity index (χ2n) is 9.01. The van der Waals surface area contributed by atoms with Crippen LogP contribution in [-0.2, 0) is 41.4 Å². The minimum absolute atomic E-state index is 0. The van der Waals surface area contributed by atoms with Crippen LogP contribution in [0.1, 0.15) is 44.5 Å². The number of aromatic nitrogens is 6. The molecule has 0 aliphatic carbocycles. The first-order chi connectivity index (χ1) is 22.0. The van der Waals surface area contributed by atoms with Gasteiger partial charge >= 0.3 is 54.7 Å². The van der Waals surface area contributed by atoms with Gasteiger partial charge in [0.05, 0.1) is 17.1 Å². The average Bonchev–Trinajstić information content (AvgIpc) is 3.77. The van der Waals surface area contributed by atoms with E-state index in [-0.39, 0.29) is 54.2 Å². The zero-order valence-electron chi connectivity index (χ0n) is 24.7. The van der Waals surface area contributed by atoms with E-state index in [0.29, 0.717) is 5.69 Å². The summed E-state index contributed by atoms with van der Waals surface area (Å²) >= 11 is 0. The molecule has 0 bridgehead atoms. The van der Waals surface area contributed by atoms with E-state index in [1.165, 1.54) is 31.4 Å². The maximum atomic E-state index is 13.0. The summed E-state index contributed by atoms with van der Waals surface area (Å²) in [6, 6.07) is 19.7. The molecular formula is C31H25F6N7O2Os. The fourth-order valence-corrected chi connectivity index (χ4v) is 3.81.